The predicted octanol–water partition coefficient (Wildman–Crippen LogP) is 3.17. The monoisotopic (exact) mass is 438 g/mol. The number of aliphatic hydroxyl groups is 1. The van der Waals surface area contributed by atoms with E-state index in [9.17, 15) is 18.3 Å². The van der Waals surface area contributed by atoms with Crippen molar-refractivity contribution in [2.75, 3.05) is 25.6 Å². The van der Waals surface area contributed by atoms with Gasteiger partial charge in [0.15, 0.2) is 0 Å². The number of aliphatic hydroxyl groups excluding tert-OH is 1. The fourth-order valence-corrected chi connectivity index (χ4v) is 3.53. The van der Waals surface area contributed by atoms with Crippen LogP contribution in [0.5, 0.6) is 11.5 Å². The van der Waals surface area contributed by atoms with Gasteiger partial charge in [0.05, 0.1) is 31.4 Å². The van der Waals surface area contributed by atoms with E-state index in [1.54, 1.807) is 16.7 Å². The number of alkyl halides is 3. The van der Waals surface area contributed by atoms with Crippen LogP contribution in [0.2, 0.25) is 0 Å². The first-order valence-electron chi connectivity index (χ1n) is 9.57. The fourth-order valence-electron chi connectivity index (χ4n) is 3.53. The summed E-state index contributed by atoms with van der Waals surface area (Å²) in [7, 11) is 1.35. The van der Waals surface area contributed by atoms with E-state index in [-0.39, 0.29) is 29.7 Å². The molecule has 2 N–H and O–H groups in total. The Morgan fingerprint density at radius 3 is 2.77 bits per heavy atom. The lowest BCUT2D eigenvalue weighted by Crippen LogP contribution is -2.42. The number of fused-ring (bicyclic) bond motifs is 1. The minimum Gasteiger partial charge on any atom is -0.497 e. The smallest absolute Gasteiger partial charge is 0.497 e. The van der Waals surface area contributed by atoms with Crippen LogP contribution in [0.3, 0.4) is 0 Å². The standard InChI is InChI=1S/C20H21F3N4O4/c1-11-7-15-18(13-4-3-12(29-2)8-17(13)31-20(21,22)23)25-26-19(27(15)9-11)24-14-5-6-30-10-16(14)28/h3-4,7-9,14,16,28H,5-6,10H2,1-2H3,(H,24,26)/t14-,16-/m1/s1. The molecule has 166 valence electrons. The van der Waals surface area contributed by atoms with Crippen LogP contribution < -0.4 is 14.8 Å². The summed E-state index contributed by atoms with van der Waals surface area (Å²) in [5.41, 5.74) is 1.73. The SMILES string of the molecule is COc1ccc(-c2nnc(N[C@@H]3CCOC[C@H]3O)n3cc(C)cc23)c(OC(F)(F)F)c1. The van der Waals surface area contributed by atoms with Crippen molar-refractivity contribution in [3.05, 3.63) is 36.0 Å². The van der Waals surface area contributed by atoms with Crippen molar-refractivity contribution in [1.82, 2.24) is 14.6 Å². The molecule has 1 fully saturated rings. The Labute approximate surface area is 175 Å². The second-order valence-corrected chi connectivity index (χ2v) is 7.24. The van der Waals surface area contributed by atoms with Crippen LogP contribution in [-0.2, 0) is 4.74 Å². The molecule has 31 heavy (non-hydrogen) atoms. The van der Waals surface area contributed by atoms with Crippen LogP contribution in [-0.4, -0.2) is 58.5 Å². The minimum atomic E-state index is -4.89. The Hall–Kier alpha value is -3.05. The quantitative estimate of drug-likeness (QED) is 0.632. The van der Waals surface area contributed by atoms with Gasteiger partial charge in [-0.1, -0.05) is 0 Å². The molecule has 1 saturated heterocycles. The average Bonchev–Trinajstić information content (AvgIpc) is 3.11. The number of nitrogens with one attached hydrogen (secondary N) is 1. The minimum absolute atomic E-state index is 0.117. The molecule has 1 aromatic carbocycles. The lowest BCUT2D eigenvalue weighted by molar-refractivity contribution is -0.274. The van der Waals surface area contributed by atoms with Crippen LogP contribution >= 0.6 is 0 Å². The van der Waals surface area contributed by atoms with Gasteiger partial charge in [-0.15, -0.1) is 23.4 Å². The summed E-state index contributed by atoms with van der Waals surface area (Å²) in [6, 6.07) is 5.63. The molecule has 0 bridgehead atoms. The second-order valence-electron chi connectivity index (χ2n) is 7.24. The van der Waals surface area contributed by atoms with Gasteiger partial charge in [-0.05, 0) is 37.1 Å². The molecule has 0 saturated carbocycles. The maximum Gasteiger partial charge on any atom is 0.573 e. The highest BCUT2D eigenvalue weighted by atomic mass is 19.4. The first-order chi connectivity index (χ1) is 14.7. The van der Waals surface area contributed by atoms with Crippen LogP contribution in [0.4, 0.5) is 19.1 Å². The summed E-state index contributed by atoms with van der Waals surface area (Å²) < 4.78 is 55.2. The number of ether oxygens (including phenoxy) is 3. The van der Waals surface area contributed by atoms with Crippen molar-refractivity contribution in [2.24, 2.45) is 0 Å². The van der Waals surface area contributed by atoms with Crippen molar-refractivity contribution >= 4 is 11.5 Å². The van der Waals surface area contributed by atoms with Crippen LogP contribution in [0.15, 0.2) is 30.5 Å². The highest BCUT2D eigenvalue weighted by Crippen LogP contribution is 2.38. The number of rotatable bonds is 5. The zero-order valence-corrected chi connectivity index (χ0v) is 16.8. The van der Waals surface area contributed by atoms with Crippen LogP contribution in [0.1, 0.15) is 12.0 Å². The summed E-state index contributed by atoms with van der Waals surface area (Å²) in [6.07, 6.45) is -3.23. The molecule has 0 amide bonds. The molecule has 3 aromatic rings. The maximum atomic E-state index is 13.0. The molecule has 0 spiro atoms. The number of anilines is 1. The van der Waals surface area contributed by atoms with E-state index in [0.29, 0.717) is 24.5 Å². The Bertz CT molecular complexity index is 1090. The van der Waals surface area contributed by atoms with Crippen molar-refractivity contribution < 1.29 is 32.5 Å². The molecule has 0 radical (unpaired) electrons. The fraction of sp³-hybridized carbons (Fsp3) is 0.400. The largest absolute Gasteiger partial charge is 0.573 e. The molecule has 8 nitrogen and oxygen atoms in total. The van der Waals surface area contributed by atoms with Gasteiger partial charge in [0.25, 0.3) is 0 Å². The van der Waals surface area contributed by atoms with Crippen molar-refractivity contribution in [3.8, 4) is 22.8 Å². The Kier molecular flexibility index (Phi) is 5.63. The van der Waals surface area contributed by atoms with E-state index in [1.165, 1.54) is 19.2 Å². The molecule has 4 rings (SSSR count). The summed E-state index contributed by atoms with van der Waals surface area (Å²) in [5.74, 6) is 0.136. The normalized spacial score (nSPS) is 19.4. The van der Waals surface area contributed by atoms with Crippen molar-refractivity contribution in [1.29, 1.82) is 0 Å². The van der Waals surface area contributed by atoms with Gasteiger partial charge in [-0.3, -0.25) is 4.40 Å². The van der Waals surface area contributed by atoms with E-state index >= 15 is 0 Å². The first-order valence-corrected chi connectivity index (χ1v) is 9.57. The van der Waals surface area contributed by atoms with Crippen LogP contribution in [0.25, 0.3) is 16.8 Å². The molecular weight excluding hydrogens is 417 g/mol. The zero-order chi connectivity index (χ0) is 22.2. The third-order valence-corrected chi connectivity index (χ3v) is 4.98. The average molecular weight is 438 g/mol. The number of halogens is 3. The number of benzene rings is 1. The van der Waals surface area contributed by atoms with Gasteiger partial charge in [0.2, 0.25) is 5.95 Å². The van der Waals surface area contributed by atoms with Gasteiger partial charge in [0, 0.05) is 24.4 Å². The van der Waals surface area contributed by atoms with E-state index in [4.69, 9.17) is 9.47 Å². The Morgan fingerprint density at radius 1 is 1.26 bits per heavy atom. The number of hydrogen-bond donors (Lipinski definition) is 2. The summed E-state index contributed by atoms with van der Waals surface area (Å²) in [4.78, 5) is 0. The molecular formula is C20H21F3N4O4. The van der Waals surface area contributed by atoms with E-state index < -0.39 is 18.2 Å². The third-order valence-electron chi connectivity index (χ3n) is 4.98. The summed E-state index contributed by atoms with van der Waals surface area (Å²) in [5, 5.41) is 21.7. The molecule has 2 aromatic heterocycles. The number of aromatic nitrogens is 3. The van der Waals surface area contributed by atoms with Gasteiger partial charge in [-0.25, -0.2) is 0 Å². The second kappa shape index (κ2) is 8.23. The van der Waals surface area contributed by atoms with Crippen LogP contribution in [0, 0.1) is 6.92 Å². The topological polar surface area (TPSA) is 90.1 Å². The Morgan fingerprint density at radius 2 is 2.06 bits per heavy atom. The molecule has 0 aliphatic carbocycles. The predicted molar refractivity (Wildman–Crippen MR) is 105 cm³/mol. The van der Waals surface area contributed by atoms with Crippen molar-refractivity contribution in [3.63, 3.8) is 0 Å². The van der Waals surface area contributed by atoms with Gasteiger partial charge < -0.3 is 24.6 Å². The molecule has 3 heterocycles. The lowest BCUT2D eigenvalue weighted by Gasteiger charge is -2.28. The molecule has 2 atom stereocenters. The van der Waals surface area contributed by atoms with E-state index in [0.717, 1.165) is 11.6 Å². The number of nitrogens with zero attached hydrogens (tertiary/aromatic N) is 3. The number of aryl methyl sites for hydroxylation is 1. The highest BCUT2D eigenvalue weighted by Gasteiger charge is 2.33. The number of hydrogen-bond acceptors (Lipinski definition) is 7. The molecule has 0 unspecified atom stereocenters. The van der Waals surface area contributed by atoms with E-state index in [2.05, 4.69) is 20.3 Å². The Balaban J connectivity index is 1.79. The summed E-state index contributed by atoms with van der Waals surface area (Å²) >= 11 is 0. The number of methoxy groups -OCH3 is 1. The first kappa shape index (κ1) is 21.2. The maximum absolute atomic E-state index is 13.0. The summed E-state index contributed by atoms with van der Waals surface area (Å²) in [6.45, 7) is 2.56. The van der Waals surface area contributed by atoms with E-state index in [1.807, 2.05) is 6.92 Å². The molecule has 1 aliphatic rings. The van der Waals surface area contributed by atoms with Gasteiger partial charge in [-0.2, -0.15) is 0 Å². The van der Waals surface area contributed by atoms with Gasteiger partial charge in [0.1, 0.15) is 17.2 Å². The zero-order valence-electron chi connectivity index (χ0n) is 16.8. The lowest BCUT2D eigenvalue weighted by atomic mass is 10.1. The molecule has 1 aliphatic heterocycles. The van der Waals surface area contributed by atoms with Crippen molar-refractivity contribution in [2.45, 2.75) is 31.9 Å². The highest BCUT2D eigenvalue weighted by molar-refractivity contribution is 5.82. The molecule has 11 heteroatoms. The third kappa shape index (κ3) is 4.52. The van der Waals surface area contributed by atoms with Gasteiger partial charge >= 0.3 is 6.36 Å².